The minimum Gasteiger partial charge on any atom is -0.481 e. The van der Waals surface area contributed by atoms with E-state index < -0.39 is 18.1 Å². The number of carboxylic acids is 1. The molecule has 1 N–H and O–H groups in total. The Morgan fingerprint density at radius 3 is 2.93 bits per heavy atom. The topological polar surface area (TPSA) is 83.2 Å². The molecule has 0 amide bonds. The first-order valence-electron chi connectivity index (χ1n) is 3.68. The standard InChI is InChI=1S/C8H4ClFN2O3/c9-8-6(15-10)1-4(3-11)5(12-8)2-7(13)14/h1H,2H2,(H,13,14). The first-order valence-corrected chi connectivity index (χ1v) is 4.06. The Balaban J connectivity index is 3.22. The van der Waals surface area contributed by atoms with Gasteiger partial charge in [0.05, 0.1) is 17.7 Å². The highest BCUT2D eigenvalue weighted by Gasteiger charge is 2.14. The van der Waals surface area contributed by atoms with E-state index in [1.807, 2.05) is 0 Å². The van der Waals surface area contributed by atoms with Gasteiger partial charge in [-0.25, -0.2) is 4.98 Å². The van der Waals surface area contributed by atoms with E-state index in [1.54, 1.807) is 6.07 Å². The third-order valence-electron chi connectivity index (χ3n) is 1.55. The molecule has 0 radical (unpaired) electrons. The number of aromatic nitrogens is 1. The number of nitrogens with zero attached hydrogens (tertiary/aromatic N) is 2. The van der Waals surface area contributed by atoms with Crippen molar-refractivity contribution in [2.75, 3.05) is 0 Å². The fourth-order valence-corrected chi connectivity index (χ4v) is 1.12. The summed E-state index contributed by atoms with van der Waals surface area (Å²) in [6.45, 7) is 0. The van der Waals surface area contributed by atoms with Gasteiger partial charge in [-0.05, 0) is 0 Å². The smallest absolute Gasteiger partial charge is 0.309 e. The van der Waals surface area contributed by atoms with Crippen molar-refractivity contribution >= 4 is 17.6 Å². The van der Waals surface area contributed by atoms with Gasteiger partial charge in [-0.2, -0.15) is 5.26 Å². The zero-order chi connectivity index (χ0) is 11.4. The lowest BCUT2D eigenvalue weighted by Crippen LogP contribution is -2.05. The number of pyridine rings is 1. The Hall–Kier alpha value is -1.87. The second-order valence-electron chi connectivity index (χ2n) is 2.53. The van der Waals surface area contributed by atoms with Crippen molar-refractivity contribution in [1.29, 1.82) is 5.26 Å². The average molecular weight is 231 g/mol. The molecule has 0 spiro atoms. The van der Waals surface area contributed by atoms with Crippen molar-refractivity contribution in [3.63, 3.8) is 0 Å². The number of rotatable bonds is 3. The molecule has 0 aliphatic carbocycles. The largest absolute Gasteiger partial charge is 0.481 e. The summed E-state index contributed by atoms with van der Waals surface area (Å²) in [6.07, 6.45) is -0.463. The van der Waals surface area contributed by atoms with Crippen LogP contribution in [-0.4, -0.2) is 16.1 Å². The van der Waals surface area contributed by atoms with Gasteiger partial charge in [-0.15, -0.1) is 0 Å². The molecule has 0 aliphatic heterocycles. The number of aliphatic carboxylic acids is 1. The lowest BCUT2D eigenvalue weighted by Gasteiger charge is -2.02. The van der Waals surface area contributed by atoms with Crippen molar-refractivity contribution in [3.05, 3.63) is 22.5 Å². The molecular formula is C8H4ClFN2O3. The molecule has 78 valence electrons. The predicted octanol–water partition coefficient (Wildman–Crippen LogP) is 1.50. The van der Waals surface area contributed by atoms with Gasteiger partial charge in [0.1, 0.15) is 6.07 Å². The Bertz CT molecular complexity index is 444. The van der Waals surface area contributed by atoms with Gasteiger partial charge in [0.2, 0.25) is 5.75 Å². The number of carbonyl (C=O) groups is 1. The van der Waals surface area contributed by atoms with E-state index in [0.717, 1.165) is 6.07 Å². The van der Waals surface area contributed by atoms with Crippen molar-refractivity contribution in [2.45, 2.75) is 6.42 Å². The molecule has 0 unspecified atom stereocenters. The Labute approximate surface area is 88.6 Å². The van der Waals surface area contributed by atoms with Crippen LogP contribution < -0.4 is 4.94 Å². The quantitative estimate of drug-likeness (QED) is 0.796. The normalized spacial score (nSPS) is 9.40. The fourth-order valence-electron chi connectivity index (χ4n) is 0.937. The third kappa shape index (κ3) is 2.54. The maximum absolute atomic E-state index is 11.8. The Morgan fingerprint density at radius 2 is 2.47 bits per heavy atom. The fraction of sp³-hybridized carbons (Fsp3) is 0.125. The molecule has 0 fully saturated rings. The lowest BCUT2D eigenvalue weighted by molar-refractivity contribution is -0.136. The van der Waals surface area contributed by atoms with Crippen LogP contribution in [-0.2, 0) is 11.2 Å². The number of hydrogen-bond donors (Lipinski definition) is 1. The summed E-state index contributed by atoms with van der Waals surface area (Å²) in [5, 5.41) is 16.8. The molecule has 1 aromatic rings. The van der Waals surface area contributed by atoms with Crippen LogP contribution in [0.25, 0.3) is 0 Å². The van der Waals surface area contributed by atoms with Gasteiger partial charge < -0.3 is 5.11 Å². The van der Waals surface area contributed by atoms with Crippen molar-refractivity contribution in [2.24, 2.45) is 0 Å². The third-order valence-corrected chi connectivity index (χ3v) is 1.82. The molecule has 0 saturated carbocycles. The molecule has 1 rings (SSSR count). The summed E-state index contributed by atoms with van der Waals surface area (Å²) in [7, 11) is 0. The molecule has 0 bridgehead atoms. The van der Waals surface area contributed by atoms with E-state index in [2.05, 4.69) is 9.93 Å². The zero-order valence-corrected chi connectivity index (χ0v) is 7.95. The molecule has 1 heterocycles. The highest BCUT2D eigenvalue weighted by atomic mass is 35.5. The van der Waals surface area contributed by atoms with Crippen LogP contribution in [0.4, 0.5) is 4.53 Å². The summed E-state index contributed by atoms with van der Waals surface area (Å²) in [6, 6.07) is 2.67. The minimum atomic E-state index is -1.16. The van der Waals surface area contributed by atoms with Gasteiger partial charge in [0.25, 0.3) is 0 Å². The van der Waals surface area contributed by atoms with Crippen molar-refractivity contribution < 1.29 is 19.4 Å². The second-order valence-corrected chi connectivity index (χ2v) is 2.89. The Morgan fingerprint density at radius 1 is 1.80 bits per heavy atom. The highest BCUT2D eigenvalue weighted by Crippen LogP contribution is 2.25. The summed E-state index contributed by atoms with van der Waals surface area (Å²) in [4.78, 5) is 17.3. The predicted molar refractivity (Wildman–Crippen MR) is 47.0 cm³/mol. The molecule has 1 aromatic heterocycles. The first kappa shape index (κ1) is 11.2. The van der Waals surface area contributed by atoms with Gasteiger partial charge >= 0.3 is 5.97 Å². The van der Waals surface area contributed by atoms with Crippen LogP contribution in [0.5, 0.6) is 5.75 Å². The van der Waals surface area contributed by atoms with E-state index >= 15 is 0 Å². The van der Waals surface area contributed by atoms with Gasteiger partial charge in [0.15, 0.2) is 5.15 Å². The molecule has 15 heavy (non-hydrogen) atoms. The van der Waals surface area contributed by atoms with Gasteiger partial charge in [-0.3, -0.25) is 9.74 Å². The molecule has 0 atom stereocenters. The van der Waals surface area contributed by atoms with Crippen LogP contribution in [0.1, 0.15) is 11.3 Å². The summed E-state index contributed by atoms with van der Waals surface area (Å²) in [5.41, 5.74) is -0.120. The zero-order valence-electron chi connectivity index (χ0n) is 7.20. The van der Waals surface area contributed by atoms with Crippen LogP contribution in [0.15, 0.2) is 6.07 Å². The Kier molecular flexibility index (Phi) is 3.42. The second kappa shape index (κ2) is 4.57. The summed E-state index contributed by atoms with van der Waals surface area (Å²) >= 11 is 5.46. The monoisotopic (exact) mass is 230 g/mol. The van der Waals surface area contributed by atoms with Crippen LogP contribution in [0, 0.1) is 11.3 Å². The lowest BCUT2D eigenvalue weighted by atomic mass is 10.1. The van der Waals surface area contributed by atoms with Crippen LogP contribution >= 0.6 is 11.6 Å². The number of nitriles is 1. The number of carboxylic acid groups (broad SMARTS) is 1. The van der Waals surface area contributed by atoms with Gasteiger partial charge in [-0.1, -0.05) is 11.6 Å². The molecule has 0 saturated heterocycles. The van der Waals surface area contributed by atoms with E-state index in [-0.39, 0.29) is 16.4 Å². The molecule has 5 nitrogen and oxygen atoms in total. The molecule has 0 aliphatic rings. The van der Waals surface area contributed by atoms with Crippen molar-refractivity contribution in [3.8, 4) is 11.8 Å². The average Bonchev–Trinajstić information content (AvgIpc) is 2.17. The van der Waals surface area contributed by atoms with Gasteiger partial charge in [0, 0.05) is 10.6 Å². The summed E-state index contributed by atoms with van der Waals surface area (Å²) in [5.74, 6) is -1.58. The number of halogens is 2. The molecule has 0 aromatic carbocycles. The van der Waals surface area contributed by atoms with Crippen LogP contribution in [0.3, 0.4) is 0 Å². The molecular weight excluding hydrogens is 227 g/mol. The van der Waals surface area contributed by atoms with Crippen LogP contribution in [0.2, 0.25) is 5.15 Å². The van der Waals surface area contributed by atoms with E-state index in [4.69, 9.17) is 22.0 Å². The van der Waals surface area contributed by atoms with E-state index in [0.29, 0.717) is 0 Å². The SMILES string of the molecule is N#Cc1cc(OF)c(Cl)nc1CC(=O)O. The molecule has 7 heteroatoms. The maximum Gasteiger partial charge on any atom is 0.309 e. The summed E-state index contributed by atoms with van der Waals surface area (Å²) < 4.78 is 11.8. The van der Waals surface area contributed by atoms with Crippen molar-refractivity contribution in [1.82, 2.24) is 4.98 Å². The minimum absolute atomic E-state index is 0.0317. The highest BCUT2D eigenvalue weighted by molar-refractivity contribution is 6.30. The first-order chi connectivity index (χ1) is 7.08. The number of hydrogen-bond acceptors (Lipinski definition) is 4. The van der Waals surface area contributed by atoms with E-state index in [1.165, 1.54) is 0 Å². The van der Waals surface area contributed by atoms with E-state index in [9.17, 15) is 9.32 Å². The maximum atomic E-state index is 11.8.